The summed E-state index contributed by atoms with van der Waals surface area (Å²) in [7, 11) is 0. The summed E-state index contributed by atoms with van der Waals surface area (Å²) in [6, 6.07) is 6.11. The first-order valence-electron chi connectivity index (χ1n) is 8.02. The Morgan fingerprint density at radius 1 is 1.07 bits per heavy atom. The monoisotopic (exact) mass is 378 g/mol. The highest BCUT2D eigenvalue weighted by atomic mass is 19.2. The molecule has 0 saturated carbocycles. The van der Waals surface area contributed by atoms with Crippen LogP contribution in [-0.4, -0.2) is 30.0 Å². The largest absolute Gasteiger partial charge is 0.462 e. The first-order valence-corrected chi connectivity index (χ1v) is 8.02. The summed E-state index contributed by atoms with van der Waals surface area (Å²) < 4.78 is 31.5. The Labute approximate surface area is 153 Å². The Morgan fingerprint density at radius 2 is 1.74 bits per heavy atom. The number of ether oxygens (including phenoxy) is 1. The van der Waals surface area contributed by atoms with Gasteiger partial charge < -0.3 is 9.64 Å². The predicted octanol–water partition coefficient (Wildman–Crippen LogP) is 3.72. The molecule has 0 fully saturated rings. The first-order chi connectivity index (χ1) is 12.8. The molecule has 27 heavy (non-hydrogen) atoms. The number of amides is 1. The standard InChI is InChI=1S/C18H16F2N2O5/c1-3-21(13-5-6-15(19)16(20)10-13)17(23)11-7-12(18(24)27-4-2)9-14(8-11)22(25)26/h5-10H,3-4H2,1-2H3. The van der Waals surface area contributed by atoms with Gasteiger partial charge in [0.1, 0.15) is 0 Å². The van der Waals surface area contributed by atoms with Crippen LogP contribution in [0, 0.1) is 21.7 Å². The number of nitro groups is 1. The summed E-state index contributed by atoms with van der Waals surface area (Å²) in [6.07, 6.45) is 0. The molecular formula is C18H16F2N2O5. The van der Waals surface area contributed by atoms with Crippen LogP contribution >= 0.6 is 0 Å². The minimum atomic E-state index is -1.13. The Balaban J connectivity index is 2.49. The number of halogens is 2. The van der Waals surface area contributed by atoms with Gasteiger partial charge in [0.05, 0.1) is 17.1 Å². The van der Waals surface area contributed by atoms with Crippen molar-refractivity contribution in [1.29, 1.82) is 0 Å². The van der Waals surface area contributed by atoms with Crippen LogP contribution in [0.5, 0.6) is 0 Å². The van der Waals surface area contributed by atoms with E-state index < -0.39 is 34.1 Å². The summed E-state index contributed by atoms with van der Waals surface area (Å²) in [4.78, 5) is 36.2. The number of non-ortho nitro benzene ring substituents is 1. The van der Waals surface area contributed by atoms with Gasteiger partial charge in [0.2, 0.25) is 0 Å². The van der Waals surface area contributed by atoms with Gasteiger partial charge in [-0.25, -0.2) is 13.6 Å². The molecule has 0 N–H and O–H groups in total. The maximum atomic E-state index is 13.5. The SMILES string of the molecule is CCOC(=O)c1cc(C(=O)N(CC)c2ccc(F)c(F)c2)cc([N+](=O)[O-])c1. The lowest BCUT2D eigenvalue weighted by Gasteiger charge is -2.21. The molecule has 0 spiro atoms. The molecule has 2 aromatic carbocycles. The van der Waals surface area contributed by atoms with E-state index in [9.17, 15) is 28.5 Å². The molecule has 0 unspecified atom stereocenters. The zero-order valence-corrected chi connectivity index (χ0v) is 14.6. The average molecular weight is 378 g/mol. The first kappa shape index (κ1) is 20.0. The van der Waals surface area contributed by atoms with Crippen LogP contribution in [0.3, 0.4) is 0 Å². The maximum absolute atomic E-state index is 13.5. The van der Waals surface area contributed by atoms with E-state index in [1.807, 2.05) is 0 Å². The number of hydrogen-bond donors (Lipinski definition) is 0. The van der Waals surface area contributed by atoms with E-state index in [0.29, 0.717) is 0 Å². The molecule has 2 aromatic rings. The Hall–Kier alpha value is -3.36. The third-order valence-corrected chi connectivity index (χ3v) is 3.66. The fourth-order valence-electron chi connectivity index (χ4n) is 2.42. The van der Waals surface area contributed by atoms with E-state index in [1.54, 1.807) is 13.8 Å². The number of nitrogens with zero attached hydrogens (tertiary/aromatic N) is 2. The third kappa shape index (κ3) is 4.43. The van der Waals surface area contributed by atoms with Crippen molar-refractivity contribution in [3.05, 3.63) is 69.3 Å². The molecule has 7 nitrogen and oxygen atoms in total. The summed E-state index contributed by atoms with van der Waals surface area (Å²) in [6.45, 7) is 3.31. The molecule has 0 atom stereocenters. The van der Waals surface area contributed by atoms with Crippen molar-refractivity contribution >= 4 is 23.3 Å². The van der Waals surface area contributed by atoms with Crippen LogP contribution < -0.4 is 4.90 Å². The summed E-state index contributed by atoms with van der Waals surface area (Å²) in [5.41, 5.74) is -0.703. The van der Waals surface area contributed by atoms with Crippen LogP contribution in [0.25, 0.3) is 0 Å². The lowest BCUT2D eigenvalue weighted by molar-refractivity contribution is -0.384. The van der Waals surface area contributed by atoms with E-state index in [1.165, 1.54) is 6.07 Å². The van der Waals surface area contributed by atoms with Gasteiger partial charge in [-0.3, -0.25) is 14.9 Å². The molecule has 142 valence electrons. The molecule has 0 aromatic heterocycles. The van der Waals surface area contributed by atoms with Gasteiger partial charge in [0.25, 0.3) is 11.6 Å². The molecule has 0 saturated heterocycles. The molecule has 0 aliphatic heterocycles. The number of hydrogen-bond acceptors (Lipinski definition) is 5. The zero-order valence-electron chi connectivity index (χ0n) is 14.6. The summed E-state index contributed by atoms with van der Waals surface area (Å²) in [5.74, 6) is -3.73. The Kier molecular flexibility index (Phi) is 6.17. The zero-order chi connectivity index (χ0) is 20.1. The van der Waals surface area contributed by atoms with Crippen LogP contribution in [0.2, 0.25) is 0 Å². The Morgan fingerprint density at radius 3 is 2.30 bits per heavy atom. The highest BCUT2D eigenvalue weighted by molar-refractivity contribution is 6.07. The van der Waals surface area contributed by atoms with E-state index in [4.69, 9.17) is 4.74 Å². The number of carbonyl (C=O) groups excluding carboxylic acids is 2. The molecule has 0 radical (unpaired) electrons. The fourth-order valence-corrected chi connectivity index (χ4v) is 2.42. The van der Waals surface area contributed by atoms with Crippen LogP contribution in [0.15, 0.2) is 36.4 Å². The topological polar surface area (TPSA) is 89.8 Å². The van der Waals surface area contributed by atoms with Gasteiger partial charge in [-0.1, -0.05) is 0 Å². The summed E-state index contributed by atoms with van der Waals surface area (Å²) in [5, 5.41) is 11.1. The molecule has 1 amide bonds. The molecule has 0 aliphatic rings. The molecule has 2 rings (SSSR count). The van der Waals surface area contributed by atoms with E-state index in [2.05, 4.69) is 0 Å². The molecule has 9 heteroatoms. The Bertz CT molecular complexity index is 901. The molecule has 0 aliphatic carbocycles. The molecular weight excluding hydrogens is 362 g/mol. The second-order valence-corrected chi connectivity index (χ2v) is 5.39. The number of carbonyl (C=O) groups is 2. The van der Waals surface area contributed by atoms with Crippen molar-refractivity contribution < 1.29 is 28.0 Å². The van der Waals surface area contributed by atoms with Crippen LogP contribution in [0.1, 0.15) is 34.6 Å². The smallest absolute Gasteiger partial charge is 0.338 e. The van der Waals surface area contributed by atoms with E-state index in [0.717, 1.165) is 35.2 Å². The van der Waals surface area contributed by atoms with Gasteiger partial charge in [-0.05, 0) is 32.0 Å². The van der Waals surface area contributed by atoms with Gasteiger partial charge in [0.15, 0.2) is 11.6 Å². The van der Waals surface area contributed by atoms with Crippen molar-refractivity contribution in [3.63, 3.8) is 0 Å². The average Bonchev–Trinajstić information content (AvgIpc) is 2.64. The van der Waals surface area contributed by atoms with Crippen molar-refractivity contribution in [2.75, 3.05) is 18.1 Å². The third-order valence-electron chi connectivity index (χ3n) is 3.66. The normalized spacial score (nSPS) is 10.4. The van der Waals surface area contributed by atoms with Crippen LogP contribution in [0.4, 0.5) is 20.2 Å². The van der Waals surface area contributed by atoms with Gasteiger partial charge >= 0.3 is 5.97 Å². The number of rotatable bonds is 6. The van der Waals surface area contributed by atoms with Crippen molar-refractivity contribution in [2.24, 2.45) is 0 Å². The van der Waals surface area contributed by atoms with Gasteiger partial charge in [-0.15, -0.1) is 0 Å². The number of anilines is 1. The highest BCUT2D eigenvalue weighted by Gasteiger charge is 2.23. The van der Waals surface area contributed by atoms with Crippen LogP contribution in [-0.2, 0) is 4.74 Å². The second-order valence-electron chi connectivity index (χ2n) is 5.39. The van der Waals surface area contributed by atoms with Crippen molar-refractivity contribution in [3.8, 4) is 0 Å². The predicted molar refractivity (Wildman–Crippen MR) is 92.8 cm³/mol. The van der Waals surface area contributed by atoms with E-state index >= 15 is 0 Å². The number of benzene rings is 2. The minimum absolute atomic E-state index is 0.0563. The lowest BCUT2D eigenvalue weighted by Crippen LogP contribution is -2.31. The summed E-state index contributed by atoms with van der Waals surface area (Å²) >= 11 is 0. The van der Waals surface area contributed by atoms with Crippen molar-refractivity contribution in [1.82, 2.24) is 0 Å². The van der Waals surface area contributed by atoms with Gasteiger partial charge in [0, 0.05) is 36.0 Å². The lowest BCUT2D eigenvalue weighted by atomic mass is 10.1. The van der Waals surface area contributed by atoms with E-state index in [-0.39, 0.29) is 30.0 Å². The number of nitro benzene ring substituents is 1. The molecule has 0 bridgehead atoms. The number of esters is 1. The quantitative estimate of drug-likeness (QED) is 0.434. The highest BCUT2D eigenvalue weighted by Crippen LogP contribution is 2.23. The fraction of sp³-hybridized carbons (Fsp3) is 0.222. The minimum Gasteiger partial charge on any atom is -0.462 e. The molecule has 0 heterocycles. The van der Waals surface area contributed by atoms with Crippen molar-refractivity contribution in [2.45, 2.75) is 13.8 Å². The maximum Gasteiger partial charge on any atom is 0.338 e. The second kappa shape index (κ2) is 8.35. The van der Waals surface area contributed by atoms with Gasteiger partial charge in [-0.2, -0.15) is 0 Å².